The molecular weight excluding hydrogens is 302 g/mol. The average molecular weight is 318 g/mol. The fourth-order valence-corrected chi connectivity index (χ4v) is 2.87. The normalized spacial score (nSPS) is 16.8. The number of carbonyl (C=O) groups excluding carboxylic acids is 1. The summed E-state index contributed by atoms with van der Waals surface area (Å²) >= 11 is 6.07. The minimum absolute atomic E-state index is 0.0743. The monoisotopic (exact) mass is 317 g/mol. The molecule has 0 aliphatic carbocycles. The van der Waals surface area contributed by atoms with Crippen LogP contribution in [0.3, 0.4) is 0 Å². The number of rotatable bonds is 3. The van der Waals surface area contributed by atoms with E-state index >= 15 is 0 Å². The van der Waals surface area contributed by atoms with Crippen LogP contribution in [0.15, 0.2) is 36.4 Å². The fraction of sp³-hybridized carbons (Fsp3) is 0.235. The number of aromatic hydroxyl groups is 1. The number of anilines is 1. The highest BCUT2D eigenvalue weighted by Crippen LogP contribution is 2.40. The zero-order valence-electron chi connectivity index (χ0n) is 12.1. The third kappa shape index (κ3) is 2.62. The first-order valence-corrected chi connectivity index (χ1v) is 7.52. The Morgan fingerprint density at radius 2 is 2.14 bits per heavy atom. The maximum Gasteiger partial charge on any atom is 0.176 e. The third-order valence-corrected chi connectivity index (χ3v) is 3.99. The molecule has 22 heavy (non-hydrogen) atoms. The van der Waals surface area contributed by atoms with Gasteiger partial charge in [-0.25, -0.2) is 0 Å². The number of Topliss-reactive ketones (excluding diaryl/α,β-unsaturated/α-hetero) is 1. The zero-order valence-corrected chi connectivity index (χ0v) is 12.9. The molecule has 114 valence electrons. The molecule has 1 atom stereocenters. The van der Waals surface area contributed by atoms with E-state index in [1.54, 1.807) is 12.1 Å². The van der Waals surface area contributed by atoms with Gasteiger partial charge in [-0.05, 0) is 36.8 Å². The number of nitrogens with one attached hydrogen (secondary N) is 1. The van der Waals surface area contributed by atoms with Crippen molar-refractivity contribution in [2.75, 3.05) is 11.9 Å². The Morgan fingerprint density at radius 1 is 1.36 bits per heavy atom. The molecule has 1 aliphatic heterocycles. The van der Waals surface area contributed by atoms with Gasteiger partial charge in [-0.2, -0.15) is 0 Å². The predicted octanol–water partition coefficient (Wildman–Crippen LogP) is 4.18. The van der Waals surface area contributed by atoms with Gasteiger partial charge in [0.2, 0.25) is 0 Å². The van der Waals surface area contributed by atoms with Crippen molar-refractivity contribution in [2.45, 2.75) is 19.4 Å². The Kier molecular flexibility index (Phi) is 3.94. The fourth-order valence-electron chi connectivity index (χ4n) is 2.65. The second-order valence-electron chi connectivity index (χ2n) is 5.15. The number of ether oxygens (including phenoxy) is 1. The van der Waals surface area contributed by atoms with Crippen LogP contribution in [0.5, 0.6) is 11.5 Å². The molecule has 0 radical (unpaired) electrons. The molecule has 1 heterocycles. The first-order chi connectivity index (χ1) is 10.6. The number of phenolic OH excluding ortho intramolecular Hbond substituents is 1. The summed E-state index contributed by atoms with van der Waals surface area (Å²) in [5.41, 5.74) is 2.33. The summed E-state index contributed by atoms with van der Waals surface area (Å²) in [5, 5.41) is 13.5. The summed E-state index contributed by atoms with van der Waals surface area (Å²) in [7, 11) is 0. The highest BCUT2D eigenvalue weighted by molar-refractivity contribution is 6.32. The first-order valence-electron chi connectivity index (χ1n) is 7.14. The zero-order chi connectivity index (χ0) is 15.7. The lowest BCUT2D eigenvalue weighted by molar-refractivity contribution is 0.0972. The third-order valence-electron chi connectivity index (χ3n) is 3.70. The lowest BCUT2D eigenvalue weighted by atomic mass is 9.92. The van der Waals surface area contributed by atoms with Gasteiger partial charge in [-0.15, -0.1) is 0 Å². The van der Waals surface area contributed by atoms with E-state index in [1.165, 1.54) is 0 Å². The predicted molar refractivity (Wildman–Crippen MR) is 86.0 cm³/mol. The highest BCUT2D eigenvalue weighted by Gasteiger charge is 2.26. The largest absolute Gasteiger partial charge is 0.503 e. The molecule has 5 heteroatoms. The van der Waals surface area contributed by atoms with Gasteiger partial charge in [-0.1, -0.05) is 23.7 Å². The molecular formula is C17H16ClNO3. The van der Waals surface area contributed by atoms with Crippen molar-refractivity contribution in [1.29, 1.82) is 0 Å². The number of para-hydroxylation sites is 1. The van der Waals surface area contributed by atoms with Crippen molar-refractivity contribution < 1.29 is 14.6 Å². The summed E-state index contributed by atoms with van der Waals surface area (Å²) < 4.78 is 5.40. The van der Waals surface area contributed by atoms with Crippen LogP contribution in [-0.2, 0) is 0 Å². The molecule has 0 saturated carbocycles. The number of hydrogen-bond donors (Lipinski definition) is 2. The molecule has 0 bridgehead atoms. The van der Waals surface area contributed by atoms with Gasteiger partial charge in [0.1, 0.15) is 0 Å². The lowest BCUT2D eigenvalue weighted by Gasteiger charge is -2.27. The highest BCUT2D eigenvalue weighted by atomic mass is 35.5. The maximum absolute atomic E-state index is 12.3. The minimum Gasteiger partial charge on any atom is -0.503 e. The van der Waals surface area contributed by atoms with E-state index in [0.717, 1.165) is 11.3 Å². The van der Waals surface area contributed by atoms with Crippen LogP contribution >= 0.6 is 11.6 Å². The van der Waals surface area contributed by atoms with E-state index in [-0.39, 0.29) is 22.6 Å². The van der Waals surface area contributed by atoms with Crippen molar-refractivity contribution in [3.63, 3.8) is 0 Å². The van der Waals surface area contributed by atoms with Crippen molar-refractivity contribution in [3.8, 4) is 11.5 Å². The van der Waals surface area contributed by atoms with Crippen LogP contribution < -0.4 is 10.1 Å². The number of halogens is 1. The summed E-state index contributed by atoms with van der Waals surface area (Å²) in [4.78, 5) is 12.3. The average Bonchev–Trinajstić information content (AvgIpc) is 2.52. The van der Waals surface area contributed by atoms with Gasteiger partial charge in [0.05, 0.1) is 17.7 Å². The van der Waals surface area contributed by atoms with E-state index in [9.17, 15) is 9.90 Å². The Bertz CT molecular complexity index is 730. The van der Waals surface area contributed by atoms with E-state index in [4.69, 9.17) is 16.3 Å². The molecule has 2 aromatic carbocycles. The Balaban J connectivity index is 1.97. The second-order valence-corrected chi connectivity index (χ2v) is 5.56. The maximum atomic E-state index is 12.3. The molecule has 2 N–H and O–H groups in total. The quantitative estimate of drug-likeness (QED) is 0.891. The van der Waals surface area contributed by atoms with Gasteiger partial charge < -0.3 is 15.2 Å². The van der Waals surface area contributed by atoms with Crippen LogP contribution in [0.4, 0.5) is 5.69 Å². The van der Waals surface area contributed by atoms with E-state index in [2.05, 4.69) is 5.32 Å². The molecule has 0 spiro atoms. The van der Waals surface area contributed by atoms with Crippen molar-refractivity contribution in [2.24, 2.45) is 0 Å². The first kappa shape index (κ1) is 14.7. The molecule has 0 aromatic heterocycles. The number of ketones is 1. The molecule has 1 unspecified atom stereocenters. The van der Waals surface area contributed by atoms with Crippen molar-refractivity contribution >= 4 is 23.1 Å². The van der Waals surface area contributed by atoms with Crippen molar-refractivity contribution in [1.82, 2.24) is 0 Å². The molecule has 0 fully saturated rings. The van der Waals surface area contributed by atoms with Gasteiger partial charge in [0.25, 0.3) is 0 Å². The lowest BCUT2D eigenvalue weighted by Crippen LogP contribution is -2.22. The summed E-state index contributed by atoms with van der Waals surface area (Å²) in [6.45, 7) is 2.26. The minimum atomic E-state index is -0.195. The van der Waals surface area contributed by atoms with Crippen LogP contribution in [-0.4, -0.2) is 17.5 Å². The summed E-state index contributed by atoms with van der Waals surface area (Å²) in [6, 6.07) is 10.6. The second kappa shape index (κ2) is 5.89. The van der Waals surface area contributed by atoms with Crippen LogP contribution in [0.2, 0.25) is 5.02 Å². The van der Waals surface area contributed by atoms with Crippen LogP contribution in [0, 0.1) is 0 Å². The Morgan fingerprint density at radius 3 is 2.91 bits per heavy atom. The number of hydrogen-bond acceptors (Lipinski definition) is 4. The van der Waals surface area contributed by atoms with Crippen LogP contribution in [0.25, 0.3) is 0 Å². The van der Waals surface area contributed by atoms with Gasteiger partial charge >= 0.3 is 0 Å². The SMILES string of the molecule is CCOc1cc(C2CC(=O)c3ccccc3N2)cc(Cl)c1O. The van der Waals surface area contributed by atoms with E-state index in [0.29, 0.717) is 24.3 Å². The summed E-state index contributed by atoms with van der Waals surface area (Å²) in [5.74, 6) is 0.342. The van der Waals surface area contributed by atoms with Gasteiger partial charge in [0, 0.05) is 17.7 Å². The molecule has 1 aliphatic rings. The number of benzene rings is 2. The molecule has 4 nitrogen and oxygen atoms in total. The number of carbonyl (C=O) groups is 1. The van der Waals surface area contributed by atoms with Crippen LogP contribution in [0.1, 0.15) is 35.3 Å². The smallest absolute Gasteiger partial charge is 0.176 e. The summed E-state index contributed by atoms with van der Waals surface area (Å²) in [6.07, 6.45) is 0.337. The molecule has 0 amide bonds. The standard InChI is InChI=1S/C17H16ClNO3/c1-2-22-16-8-10(7-12(18)17(16)21)14-9-15(20)11-5-3-4-6-13(11)19-14/h3-8,14,19,21H,2,9H2,1H3. The van der Waals surface area contributed by atoms with E-state index in [1.807, 2.05) is 31.2 Å². The molecule has 0 saturated heterocycles. The Labute approximate surface area is 133 Å². The van der Waals surface area contributed by atoms with Gasteiger partial charge in [0.15, 0.2) is 17.3 Å². The van der Waals surface area contributed by atoms with Gasteiger partial charge in [-0.3, -0.25) is 4.79 Å². The van der Waals surface area contributed by atoms with Crippen molar-refractivity contribution in [3.05, 3.63) is 52.5 Å². The molecule has 2 aromatic rings. The number of fused-ring (bicyclic) bond motifs is 1. The van der Waals surface area contributed by atoms with E-state index < -0.39 is 0 Å². The topological polar surface area (TPSA) is 58.6 Å². The molecule has 3 rings (SSSR count). The number of phenols is 1. The Hall–Kier alpha value is -2.20.